The Kier molecular flexibility index (Phi) is 5.16. The highest BCUT2D eigenvalue weighted by molar-refractivity contribution is 7.89. The van der Waals surface area contributed by atoms with Gasteiger partial charge >= 0.3 is 12.2 Å². The van der Waals surface area contributed by atoms with Crippen molar-refractivity contribution in [3.63, 3.8) is 0 Å². The van der Waals surface area contributed by atoms with E-state index in [9.17, 15) is 26.4 Å². The van der Waals surface area contributed by atoms with Crippen molar-refractivity contribution in [3.05, 3.63) is 42.0 Å². The number of alkyl halides is 3. The minimum Gasteiger partial charge on any atom is -0.324 e. The lowest BCUT2D eigenvalue weighted by Crippen LogP contribution is -2.68. The summed E-state index contributed by atoms with van der Waals surface area (Å²) < 4.78 is 67.2. The van der Waals surface area contributed by atoms with Crippen molar-refractivity contribution in [2.24, 2.45) is 5.41 Å². The Bertz CT molecular complexity index is 1140. The number of amides is 2. The minimum atomic E-state index is -4.76. The number of rotatable bonds is 4. The molecule has 3 aliphatic rings. The zero-order valence-corrected chi connectivity index (χ0v) is 18.4. The second kappa shape index (κ2) is 7.69. The number of aromatic amines is 1. The Morgan fingerprint density at radius 2 is 1.91 bits per heavy atom. The molecule has 2 saturated heterocycles. The number of hydrogen-bond acceptors (Lipinski definition) is 5. The summed E-state index contributed by atoms with van der Waals surface area (Å²) >= 11 is 0. The zero-order valence-electron chi connectivity index (χ0n) is 17.5. The normalized spacial score (nSPS) is 22.9. The van der Waals surface area contributed by atoms with Crippen LogP contribution in [-0.2, 0) is 16.2 Å². The number of nitrogens with one attached hydrogen (secondary N) is 2. The molecule has 2 aromatic rings. The van der Waals surface area contributed by atoms with Gasteiger partial charge in [0.15, 0.2) is 0 Å². The van der Waals surface area contributed by atoms with Gasteiger partial charge in [-0.25, -0.2) is 22.9 Å². The molecule has 1 spiro atoms. The largest absolute Gasteiger partial charge is 0.417 e. The van der Waals surface area contributed by atoms with Crippen molar-refractivity contribution in [3.8, 4) is 0 Å². The van der Waals surface area contributed by atoms with Crippen molar-refractivity contribution in [2.75, 3.05) is 26.2 Å². The van der Waals surface area contributed by atoms with Gasteiger partial charge in [0.1, 0.15) is 12.2 Å². The molecular weight excluding hydrogens is 461 g/mol. The lowest BCUT2D eigenvalue weighted by atomic mass is 9.61. The molecule has 2 amide bonds. The van der Waals surface area contributed by atoms with Crippen LogP contribution < -0.4 is 4.72 Å². The number of carbonyl (C=O) groups excluding carboxylic acids is 1. The Hall–Kier alpha value is -2.67. The number of likely N-dealkylation sites (tertiary alicyclic amines) is 2. The van der Waals surface area contributed by atoms with Gasteiger partial charge in [-0.05, 0) is 31.4 Å². The summed E-state index contributed by atoms with van der Waals surface area (Å²) in [6.07, 6.45) is -1.52. The summed E-state index contributed by atoms with van der Waals surface area (Å²) in [5, 5.41) is 6.69. The van der Waals surface area contributed by atoms with E-state index in [1.807, 2.05) is 0 Å². The number of carbonyl (C=O) groups is 1. The maximum absolute atomic E-state index is 13.2. The quantitative estimate of drug-likeness (QED) is 0.691. The molecule has 0 bridgehead atoms. The van der Waals surface area contributed by atoms with Gasteiger partial charge in [0.25, 0.3) is 0 Å². The smallest absolute Gasteiger partial charge is 0.324 e. The van der Waals surface area contributed by atoms with Gasteiger partial charge in [-0.2, -0.15) is 18.3 Å². The van der Waals surface area contributed by atoms with Gasteiger partial charge in [0, 0.05) is 43.6 Å². The molecule has 1 aromatic heterocycles. The number of hydrogen-bond donors (Lipinski definition) is 2. The van der Waals surface area contributed by atoms with E-state index >= 15 is 0 Å². The molecule has 5 rings (SSSR count). The summed E-state index contributed by atoms with van der Waals surface area (Å²) in [6.45, 7) is 2.24. The van der Waals surface area contributed by atoms with E-state index in [1.54, 1.807) is 9.80 Å². The summed E-state index contributed by atoms with van der Waals surface area (Å²) in [5.74, 6) is 0.903. The van der Waals surface area contributed by atoms with Crippen LogP contribution in [0.15, 0.2) is 35.5 Å². The first kappa shape index (κ1) is 22.1. The van der Waals surface area contributed by atoms with Crippen LogP contribution in [0.2, 0.25) is 0 Å². The lowest BCUT2D eigenvalue weighted by molar-refractivity contribution is -0.139. The van der Waals surface area contributed by atoms with Crippen LogP contribution in [0.4, 0.5) is 18.0 Å². The molecular formula is C20H23F3N6O3S. The highest BCUT2D eigenvalue weighted by Gasteiger charge is 2.55. The average molecular weight is 485 g/mol. The second-order valence-corrected chi connectivity index (χ2v) is 10.8. The van der Waals surface area contributed by atoms with Crippen LogP contribution in [0.3, 0.4) is 0 Å². The maximum Gasteiger partial charge on any atom is 0.417 e. The van der Waals surface area contributed by atoms with E-state index in [0.717, 1.165) is 30.4 Å². The number of aromatic nitrogens is 3. The van der Waals surface area contributed by atoms with Gasteiger partial charge in [-0.3, -0.25) is 5.10 Å². The highest BCUT2D eigenvalue weighted by atomic mass is 32.2. The van der Waals surface area contributed by atoms with Gasteiger partial charge in [0.05, 0.1) is 10.5 Å². The van der Waals surface area contributed by atoms with Crippen LogP contribution in [0.5, 0.6) is 0 Å². The van der Waals surface area contributed by atoms with Crippen LogP contribution >= 0.6 is 0 Å². The Labute approximate surface area is 188 Å². The standard InChI is InChI=1S/C20H23F3N6O3S/c21-20(22,23)15-3-1-2-4-16(15)33(31,32)27-14-7-19(8-14)10-29(11-19)18(30)28-6-5-13(9-28)17-24-12-25-26-17/h1-4,12-14,27H,5-11H2,(H,24,25,26)/t13-/m0/s1. The van der Waals surface area contributed by atoms with Crippen molar-refractivity contribution < 1.29 is 26.4 Å². The van der Waals surface area contributed by atoms with Crippen molar-refractivity contribution in [1.29, 1.82) is 0 Å². The molecule has 2 N–H and O–H groups in total. The molecule has 3 fully saturated rings. The van der Waals surface area contributed by atoms with Crippen molar-refractivity contribution >= 4 is 16.1 Å². The predicted octanol–water partition coefficient (Wildman–Crippen LogP) is 2.18. The molecule has 1 aliphatic carbocycles. The van der Waals surface area contributed by atoms with E-state index in [4.69, 9.17) is 0 Å². The molecule has 1 saturated carbocycles. The van der Waals surface area contributed by atoms with Gasteiger partial charge < -0.3 is 9.80 Å². The van der Waals surface area contributed by atoms with E-state index in [2.05, 4.69) is 19.9 Å². The van der Waals surface area contributed by atoms with Crippen LogP contribution in [0.25, 0.3) is 0 Å². The van der Waals surface area contributed by atoms with Crippen LogP contribution in [0, 0.1) is 5.41 Å². The predicted molar refractivity (Wildman–Crippen MR) is 110 cm³/mol. The SMILES string of the molecule is O=C(N1CC[C@H](c2ncn[nH]2)C1)N1CC2(CC(NS(=O)(=O)c3ccccc3C(F)(F)F)C2)C1. The molecule has 1 atom stereocenters. The van der Waals surface area contributed by atoms with E-state index in [0.29, 0.717) is 39.0 Å². The van der Waals surface area contributed by atoms with Gasteiger partial charge in [-0.15, -0.1) is 0 Å². The first-order valence-electron chi connectivity index (χ1n) is 10.6. The summed E-state index contributed by atoms with van der Waals surface area (Å²) in [7, 11) is -4.31. The molecule has 0 unspecified atom stereocenters. The number of urea groups is 1. The Morgan fingerprint density at radius 3 is 2.58 bits per heavy atom. The fourth-order valence-electron chi connectivity index (χ4n) is 5.21. The first-order valence-corrected chi connectivity index (χ1v) is 12.1. The summed E-state index contributed by atoms with van der Waals surface area (Å²) in [4.78, 5) is 19.7. The number of H-pyrrole nitrogens is 1. The Morgan fingerprint density at radius 1 is 1.18 bits per heavy atom. The molecule has 33 heavy (non-hydrogen) atoms. The minimum absolute atomic E-state index is 0.0502. The van der Waals surface area contributed by atoms with Crippen LogP contribution in [0.1, 0.15) is 36.6 Å². The monoisotopic (exact) mass is 484 g/mol. The number of sulfonamides is 1. The second-order valence-electron chi connectivity index (χ2n) is 9.16. The van der Waals surface area contributed by atoms with E-state index in [-0.39, 0.29) is 17.4 Å². The van der Waals surface area contributed by atoms with E-state index in [1.165, 1.54) is 12.4 Å². The van der Waals surface area contributed by atoms with Crippen molar-refractivity contribution in [1.82, 2.24) is 29.7 Å². The number of benzene rings is 1. The molecule has 1 aromatic carbocycles. The topological polar surface area (TPSA) is 111 Å². The lowest BCUT2D eigenvalue weighted by Gasteiger charge is -2.59. The summed E-state index contributed by atoms with van der Waals surface area (Å²) in [6, 6.07) is 3.66. The van der Waals surface area contributed by atoms with E-state index < -0.39 is 32.7 Å². The molecule has 3 heterocycles. The number of nitrogens with zero attached hydrogens (tertiary/aromatic N) is 4. The molecule has 178 valence electrons. The third-order valence-electron chi connectivity index (χ3n) is 6.76. The van der Waals surface area contributed by atoms with Gasteiger partial charge in [0.2, 0.25) is 10.0 Å². The highest BCUT2D eigenvalue weighted by Crippen LogP contribution is 2.49. The summed E-state index contributed by atoms with van der Waals surface area (Å²) in [5.41, 5.74) is -1.35. The third-order valence-corrected chi connectivity index (χ3v) is 8.34. The Balaban J connectivity index is 1.14. The zero-order chi connectivity index (χ0) is 23.4. The van der Waals surface area contributed by atoms with Gasteiger partial charge in [-0.1, -0.05) is 12.1 Å². The maximum atomic E-state index is 13.2. The fraction of sp³-hybridized carbons (Fsp3) is 0.550. The number of halogens is 3. The average Bonchev–Trinajstić information content (AvgIpc) is 3.39. The fourth-order valence-corrected chi connectivity index (χ4v) is 6.68. The molecule has 13 heteroatoms. The molecule has 9 nitrogen and oxygen atoms in total. The molecule has 0 radical (unpaired) electrons. The van der Waals surface area contributed by atoms with Crippen molar-refractivity contribution in [2.45, 2.75) is 42.3 Å². The third kappa shape index (κ3) is 4.07. The first-order chi connectivity index (χ1) is 15.6. The molecule has 2 aliphatic heterocycles. The van der Waals surface area contributed by atoms with Crippen LogP contribution in [-0.4, -0.2) is 71.7 Å².